The molecule has 0 saturated carbocycles. The van der Waals surface area contributed by atoms with Gasteiger partial charge in [-0.3, -0.25) is 4.79 Å². The lowest BCUT2D eigenvalue weighted by Crippen LogP contribution is -2.45. The maximum absolute atomic E-state index is 11.8. The second-order valence-electron chi connectivity index (χ2n) is 6.17. The number of ether oxygens (including phenoxy) is 2. The number of para-hydroxylation sites is 1. The van der Waals surface area contributed by atoms with E-state index in [1.54, 1.807) is 14.2 Å². The molecule has 1 aromatic carbocycles. The van der Waals surface area contributed by atoms with Crippen molar-refractivity contribution in [3.05, 3.63) is 23.8 Å². The van der Waals surface area contributed by atoms with Gasteiger partial charge in [-0.15, -0.1) is 0 Å². The number of carbonyl (C=O) groups excluding carboxylic acids is 1. The molecular formula is C19H30N4O3. The zero-order chi connectivity index (χ0) is 18.9. The van der Waals surface area contributed by atoms with Gasteiger partial charge in [-0.05, 0) is 19.4 Å². The fraction of sp³-hybridized carbons (Fsp3) is 0.579. The molecule has 2 rings (SSSR count). The molecule has 1 unspecified atom stereocenters. The van der Waals surface area contributed by atoms with Crippen LogP contribution in [-0.4, -0.2) is 56.7 Å². The topological polar surface area (TPSA) is 75.2 Å². The highest BCUT2D eigenvalue weighted by Gasteiger charge is 2.25. The number of aliphatic imine (C=N–C) groups is 1. The van der Waals surface area contributed by atoms with E-state index in [1.807, 2.05) is 36.9 Å². The van der Waals surface area contributed by atoms with Crippen molar-refractivity contribution in [2.75, 3.05) is 33.9 Å². The maximum Gasteiger partial charge on any atom is 0.222 e. The minimum Gasteiger partial charge on any atom is -0.493 e. The van der Waals surface area contributed by atoms with Gasteiger partial charge in [0, 0.05) is 37.7 Å². The molecule has 0 bridgehead atoms. The first-order valence-electron chi connectivity index (χ1n) is 9.15. The van der Waals surface area contributed by atoms with Crippen LogP contribution >= 0.6 is 0 Å². The van der Waals surface area contributed by atoms with Crippen molar-refractivity contribution in [1.29, 1.82) is 0 Å². The van der Waals surface area contributed by atoms with E-state index in [4.69, 9.17) is 9.47 Å². The molecule has 0 aliphatic carbocycles. The molecule has 1 aliphatic rings. The Kier molecular flexibility index (Phi) is 7.56. The minimum atomic E-state index is 0.206. The molecule has 1 heterocycles. The Morgan fingerprint density at radius 2 is 2.12 bits per heavy atom. The molecule has 1 aromatic rings. The first-order chi connectivity index (χ1) is 12.6. The van der Waals surface area contributed by atoms with Crippen molar-refractivity contribution in [3.63, 3.8) is 0 Å². The fourth-order valence-corrected chi connectivity index (χ4v) is 3.08. The number of nitrogens with zero attached hydrogens (tertiary/aromatic N) is 2. The normalized spacial score (nSPS) is 17.2. The number of carbonyl (C=O) groups is 1. The number of nitrogens with one attached hydrogen (secondary N) is 2. The molecule has 2 N–H and O–H groups in total. The molecular weight excluding hydrogens is 332 g/mol. The number of guanidine groups is 1. The van der Waals surface area contributed by atoms with Gasteiger partial charge in [0.1, 0.15) is 0 Å². The van der Waals surface area contributed by atoms with Crippen LogP contribution in [0.4, 0.5) is 0 Å². The zero-order valence-corrected chi connectivity index (χ0v) is 16.2. The van der Waals surface area contributed by atoms with Gasteiger partial charge in [0.2, 0.25) is 5.91 Å². The van der Waals surface area contributed by atoms with Gasteiger partial charge >= 0.3 is 0 Å². The van der Waals surface area contributed by atoms with Gasteiger partial charge < -0.3 is 25.0 Å². The highest BCUT2D eigenvalue weighted by atomic mass is 16.5. The first-order valence-corrected chi connectivity index (χ1v) is 9.15. The second kappa shape index (κ2) is 9.89. The summed E-state index contributed by atoms with van der Waals surface area (Å²) in [7, 11) is 3.26. The molecule has 7 heteroatoms. The van der Waals surface area contributed by atoms with Crippen molar-refractivity contribution < 1.29 is 14.3 Å². The number of likely N-dealkylation sites (tertiary alicyclic amines) is 1. The minimum absolute atomic E-state index is 0.206. The summed E-state index contributed by atoms with van der Waals surface area (Å²) in [5, 5.41) is 6.70. The molecule has 7 nitrogen and oxygen atoms in total. The van der Waals surface area contributed by atoms with E-state index in [9.17, 15) is 4.79 Å². The Balaban J connectivity index is 2.05. The number of rotatable bonds is 7. The lowest BCUT2D eigenvalue weighted by atomic mass is 10.2. The molecule has 144 valence electrons. The fourth-order valence-electron chi connectivity index (χ4n) is 3.08. The Bertz CT molecular complexity index is 633. The van der Waals surface area contributed by atoms with E-state index in [0.29, 0.717) is 24.5 Å². The number of hydrogen-bond donors (Lipinski definition) is 2. The van der Waals surface area contributed by atoms with Gasteiger partial charge in [-0.2, -0.15) is 0 Å². The van der Waals surface area contributed by atoms with E-state index in [0.717, 1.165) is 37.6 Å². The van der Waals surface area contributed by atoms with Crippen LogP contribution in [-0.2, 0) is 11.3 Å². The average Bonchev–Trinajstić information content (AvgIpc) is 3.13. The maximum atomic E-state index is 11.8. The summed E-state index contributed by atoms with van der Waals surface area (Å²) < 4.78 is 10.8. The van der Waals surface area contributed by atoms with Crippen molar-refractivity contribution in [1.82, 2.24) is 15.5 Å². The van der Waals surface area contributed by atoms with Gasteiger partial charge in [-0.25, -0.2) is 4.99 Å². The summed E-state index contributed by atoms with van der Waals surface area (Å²) >= 11 is 0. The van der Waals surface area contributed by atoms with Crippen LogP contribution < -0.4 is 20.1 Å². The van der Waals surface area contributed by atoms with Gasteiger partial charge in [0.05, 0.1) is 20.8 Å². The second-order valence-corrected chi connectivity index (χ2v) is 6.17. The molecule has 1 saturated heterocycles. The lowest BCUT2D eigenvalue weighted by Gasteiger charge is -2.19. The van der Waals surface area contributed by atoms with E-state index in [2.05, 4.69) is 15.6 Å². The molecule has 1 fully saturated rings. The number of benzene rings is 1. The highest BCUT2D eigenvalue weighted by Crippen LogP contribution is 2.31. The van der Waals surface area contributed by atoms with E-state index in [1.165, 1.54) is 0 Å². The summed E-state index contributed by atoms with van der Waals surface area (Å²) in [5.74, 6) is 2.35. The van der Waals surface area contributed by atoms with Crippen LogP contribution in [0.3, 0.4) is 0 Å². The van der Waals surface area contributed by atoms with Crippen LogP contribution in [0.15, 0.2) is 23.2 Å². The van der Waals surface area contributed by atoms with Crippen LogP contribution in [0.2, 0.25) is 0 Å². The van der Waals surface area contributed by atoms with Crippen molar-refractivity contribution in [2.24, 2.45) is 4.99 Å². The predicted octanol–water partition coefficient (Wildman–Crippen LogP) is 1.77. The largest absolute Gasteiger partial charge is 0.493 e. The third-order valence-electron chi connectivity index (χ3n) is 4.42. The summed E-state index contributed by atoms with van der Waals surface area (Å²) in [5.41, 5.74) is 0.957. The number of amides is 1. The highest BCUT2D eigenvalue weighted by molar-refractivity contribution is 5.80. The number of methoxy groups -OCH3 is 2. The Morgan fingerprint density at radius 3 is 2.77 bits per heavy atom. The van der Waals surface area contributed by atoms with E-state index >= 15 is 0 Å². The third-order valence-corrected chi connectivity index (χ3v) is 4.42. The SMILES string of the molecule is CCNC(=NCc1cccc(OC)c1OC)NC1CCN(C(=O)CC)C1. The molecule has 0 radical (unpaired) electrons. The van der Waals surface area contributed by atoms with Gasteiger partial charge in [0.15, 0.2) is 17.5 Å². The lowest BCUT2D eigenvalue weighted by molar-refractivity contribution is -0.129. The van der Waals surface area contributed by atoms with E-state index in [-0.39, 0.29) is 11.9 Å². The standard InChI is InChI=1S/C19H30N4O3/c1-5-17(24)23-11-10-15(13-23)22-19(20-6-2)21-12-14-8-7-9-16(25-3)18(14)26-4/h7-9,15H,5-6,10-13H2,1-4H3,(H2,20,21,22). The molecule has 26 heavy (non-hydrogen) atoms. The van der Waals surface area contributed by atoms with Crippen molar-refractivity contribution in [2.45, 2.75) is 39.3 Å². The quantitative estimate of drug-likeness (QED) is 0.571. The summed E-state index contributed by atoms with van der Waals surface area (Å²) in [6, 6.07) is 5.99. The molecule has 0 spiro atoms. The van der Waals surface area contributed by atoms with Crippen LogP contribution in [0.5, 0.6) is 11.5 Å². The van der Waals surface area contributed by atoms with Crippen molar-refractivity contribution >= 4 is 11.9 Å². The third kappa shape index (κ3) is 5.03. The summed E-state index contributed by atoms with van der Waals surface area (Å²) in [6.07, 6.45) is 1.48. The Morgan fingerprint density at radius 1 is 1.31 bits per heavy atom. The van der Waals surface area contributed by atoms with Crippen LogP contribution in [0.25, 0.3) is 0 Å². The number of hydrogen-bond acceptors (Lipinski definition) is 4. The first kappa shape index (κ1) is 19.9. The predicted molar refractivity (Wildman–Crippen MR) is 103 cm³/mol. The Hall–Kier alpha value is -2.44. The van der Waals surface area contributed by atoms with Crippen molar-refractivity contribution in [3.8, 4) is 11.5 Å². The Labute approximate surface area is 155 Å². The van der Waals surface area contributed by atoms with Gasteiger partial charge in [0.25, 0.3) is 0 Å². The van der Waals surface area contributed by atoms with E-state index < -0.39 is 0 Å². The molecule has 1 amide bonds. The van der Waals surface area contributed by atoms with Gasteiger partial charge in [-0.1, -0.05) is 19.1 Å². The van der Waals surface area contributed by atoms with Crippen LogP contribution in [0.1, 0.15) is 32.3 Å². The summed E-state index contributed by atoms with van der Waals surface area (Å²) in [4.78, 5) is 18.4. The molecule has 0 aromatic heterocycles. The zero-order valence-electron chi connectivity index (χ0n) is 16.2. The molecule has 1 atom stereocenters. The summed E-state index contributed by atoms with van der Waals surface area (Å²) in [6.45, 7) is 6.69. The monoisotopic (exact) mass is 362 g/mol. The molecule has 1 aliphatic heterocycles. The van der Waals surface area contributed by atoms with Crippen LogP contribution in [0, 0.1) is 0 Å². The smallest absolute Gasteiger partial charge is 0.222 e. The average molecular weight is 362 g/mol.